The number of aliphatic carboxylic acids is 1. The van der Waals surface area contributed by atoms with Gasteiger partial charge in [-0.15, -0.1) is 0 Å². The topological polar surface area (TPSA) is 105 Å². The van der Waals surface area contributed by atoms with Crippen LogP contribution >= 0.6 is 0 Å². The van der Waals surface area contributed by atoms with Crippen LogP contribution in [0.1, 0.15) is 36.0 Å². The van der Waals surface area contributed by atoms with Gasteiger partial charge in [0.25, 0.3) is 5.91 Å². The third-order valence-electron chi connectivity index (χ3n) is 2.43. The smallest absolute Gasteiger partial charge is 0.303 e. The van der Waals surface area contributed by atoms with Crippen molar-refractivity contribution < 1.29 is 14.7 Å². The van der Waals surface area contributed by atoms with E-state index in [9.17, 15) is 9.59 Å². The molecular weight excluding hydrogens is 234 g/mol. The lowest BCUT2D eigenvalue weighted by atomic mass is 10.2. The quantitative estimate of drug-likeness (QED) is 0.603. The number of nitrogens with one attached hydrogen (secondary N) is 1. The van der Waals surface area contributed by atoms with Crippen molar-refractivity contribution in [1.29, 1.82) is 0 Å². The summed E-state index contributed by atoms with van der Waals surface area (Å²) in [5.41, 5.74) is 5.58. The number of carboxylic acids is 1. The van der Waals surface area contributed by atoms with E-state index in [1.165, 1.54) is 0 Å². The summed E-state index contributed by atoms with van der Waals surface area (Å²) in [6.07, 6.45) is 4.07. The van der Waals surface area contributed by atoms with E-state index in [1.54, 1.807) is 18.3 Å². The zero-order chi connectivity index (χ0) is 13.4. The zero-order valence-electron chi connectivity index (χ0n) is 10.1. The van der Waals surface area contributed by atoms with Crippen LogP contribution in [0.2, 0.25) is 0 Å². The van der Waals surface area contributed by atoms with E-state index in [1.807, 2.05) is 0 Å². The number of unbranched alkanes of at least 4 members (excludes halogenated alkanes) is 2. The molecule has 0 radical (unpaired) electrons. The first-order valence-electron chi connectivity index (χ1n) is 5.81. The first-order valence-corrected chi connectivity index (χ1v) is 5.81. The average molecular weight is 251 g/mol. The second-order valence-electron chi connectivity index (χ2n) is 3.89. The van der Waals surface area contributed by atoms with Crippen LogP contribution < -0.4 is 11.1 Å². The Kier molecular flexibility index (Phi) is 5.63. The highest BCUT2D eigenvalue weighted by Gasteiger charge is 2.07. The SMILES string of the molecule is NC(=O)c1cccnc1NCCCCCC(=O)O. The predicted octanol–water partition coefficient (Wildman–Crippen LogP) is 1.24. The maximum atomic E-state index is 11.1. The highest BCUT2D eigenvalue weighted by Crippen LogP contribution is 2.10. The van der Waals surface area contributed by atoms with Crippen LogP contribution in [-0.2, 0) is 4.79 Å². The molecule has 0 aliphatic rings. The lowest BCUT2D eigenvalue weighted by Crippen LogP contribution is -2.15. The Morgan fingerprint density at radius 3 is 2.78 bits per heavy atom. The van der Waals surface area contributed by atoms with Gasteiger partial charge in [-0.25, -0.2) is 4.98 Å². The molecule has 0 fully saturated rings. The molecule has 1 amide bonds. The van der Waals surface area contributed by atoms with Crippen molar-refractivity contribution >= 4 is 17.7 Å². The number of primary amides is 1. The molecule has 0 aromatic carbocycles. The van der Waals surface area contributed by atoms with Crippen molar-refractivity contribution in [3.63, 3.8) is 0 Å². The number of pyridine rings is 1. The monoisotopic (exact) mass is 251 g/mol. The number of amides is 1. The van der Waals surface area contributed by atoms with Gasteiger partial charge >= 0.3 is 5.97 Å². The number of carbonyl (C=O) groups is 2. The van der Waals surface area contributed by atoms with Gasteiger partial charge in [0, 0.05) is 19.2 Å². The summed E-state index contributed by atoms with van der Waals surface area (Å²) >= 11 is 0. The molecule has 4 N–H and O–H groups in total. The van der Waals surface area contributed by atoms with E-state index in [2.05, 4.69) is 10.3 Å². The molecule has 1 aromatic rings. The maximum absolute atomic E-state index is 11.1. The van der Waals surface area contributed by atoms with Crippen LogP contribution in [0.15, 0.2) is 18.3 Å². The van der Waals surface area contributed by atoms with Gasteiger partial charge in [-0.1, -0.05) is 6.42 Å². The minimum Gasteiger partial charge on any atom is -0.481 e. The largest absolute Gasteiger partial charge is 0.481 e. The molecule has 6 nitrogen and oxygen atoms in total. The molecule has 0 atom stereocenters. The van der Waals surface area contributed by atoms with E-state index in [0.29, 0.717) is 24.3 Å². The summed E-state index contributed by atoms with van der Waals surface area (Å²) in [5.74, 6) is -0.816. The molecule has 98 valence electrons. The number of carboxylic acid groups (broad SMARTS) is 1. The highest BCUT2D eigenvalue weighted by atomic mass is 16.4. The Morgan fingerprint density at radius 2 is 2.11 bits per heavy atom. The van der Waals surface area contributed by atoms with E-state index in [-0.39, 0.29) is 6.42 Å². The molecule has 0 saturated heterocycles. The van der Waals surface area contributed by atoms with Gasteiger partial charge in [0.2, 0.25) is 0 Å². The van der Waals surface area contributed by atoms with Crippen LogP contribution in [-0.4, -0.2) is 28.5 Å². The van der Waals surface area contributed by atoms with Crippen LogP contribution in [0.4, 0.5) is 5.82 Å². The summed E-state index contributed by atoms with van der Waals surface area (Å²) in [6.45, 7) is 0.636. The van der Waals surface area contributed by atoms with Gasteiger partial charge < -0.3 is 16.2 Å². The number of carbonyl (C=O) groups excluding carboxylic acids is 1. The van der Waals surface area contributed by atoms with Crippen molar-refractivity contribution in [3.8, 4) is 0 Å². The minimum atomic E-state index is -0.774. The molecule has 1 heterocycles. The van der Waals surface area contributed by atoms with Gasteiger partial charge in [0.1, 0.15) is 5.82 Å². The van der Waals surface area contributed by atoms with Crippen molar-refractivity contribution in [2.75, 3.05) is 11.9 Å². The van der Waals surface area contributed by atoms with Gasteiger partial charge in [0.05, 0.1) is 5.56 Å². The average Bonchev–Trinajstić information content (AvgIpc) is 2.33. The summed E-state index contributed by atoms with van der Waals surface area (Å²) < 4.78 is 0. The summed E-state index contributed by atoms with van der Waals surface area (Å²) in [7, 11) is 0. The fourth-order valence-electron chi connectivity index (χ4n) is 1.53. The first-order chi connectivity index (χ1) is 8.61. The molecule has 0 aliphatic carbocycles. The lowest BCUT2D eigenvalue weighted by molar-refractivity contribution is -0.137. The van der Waals surface area contributed by atoms with Gasteiger partial charge in [-0.05, 0) is 25.0 Å². The zero-order valence-corrected chi connectivity index (χ0v) is 10.1. The number of hydrogen-bond acceptors (Lipinski definition) is 4. The molecule has 0 aliphatic heterocycles. The second-order valence-corrected chi connectivity index (χ2v) is 3.89. The second kappa shape index (κ2) is 7.26. The Balaban J connectivity index is 2.31. The third-order valence-corrected chi connectivity index (χ3v) is 2.43. The van der Waals surface area contributed by atoms with Crippen molar-refractivity contribution in [2.24, 2.45) is 5.73 Å². The van der Waals surface area contributed by atoms with Crippen LogP contribution in [0, 0.1) is 0 Å². The Labute approximate surface area is 105 Å². The van der Waals surface area contributed by atoms with Gasteiger partial charge in [-0.3, -0.25) is 9.59 Å². The van der Waals surface area contributed by atoms with Crippen LogP contribution in [0.25, 0.3) is 0 Å². The fraction of sp³-hybridized carbons (Fsp3) is 0.417. The normalized spacial score (nSPS) is 10.0. The predicted molar refractivity (Wildman–Crippen MR) is 67.3 cm³/mol. The summed E-state index contributed by atoms with van der Waals surface area (Å²) in [4.78, 5) is 25.4. The van der Waals surface area contributed by atoms with E-state index in [4.69, 9.17) is 10.8 Å². The van der Waals surface area contributed by atoms with Gasteiger partial charge in [-0.2, -0.15) is 0 Å². The van der Waals surface area contributed by atoms with Crippen LogP contribution in [0.5, 0.6) is 0 Å². The summed E-state index contributed by atoms with van der Waals surface area (Å²) in [5, 5.41) is 11.5. The molecule has 0 bridgehead atoms. The van der Waals surface area contributed by atoms with E-state index in [0.717, 1.165) is 12.8 Å². The van der Waals surface area contributed by atoms with Crippen molar-refractivity contribution in [2.45, 2.75) is 25.7 Å². The van der Waals surface area contributed by atoms with E-state index >= 15 is 0 Å². The molecular formula is C12H17N3O3. The Hall–Kier alpha value is -2.11. The highest BCUT2D eigenvalue weighted by molar-refractivity contribution is 5.97. The van der Waals surface area contributed by atoms with Gasteiger partial charge in [0.15, 0.2) is 0 Å². The van der Waals surface area contributed by atoms with E-state index < -0.39 is 11.9 Å². The number of hydrogen-bond donors (Lipinski definition) is 3. The number of nitrogens with two attached hydrogens (primary N) is 1. The molecule has 6 heteroatoms. The molecule has 1 rings (SSSR count). The molecule has 0 unspecified atom stereocenters. The third kappa shape index (κ3) is 4.82. The molecule has 18 heavy (non-hydrogen) atoms. The Bertz CT molecular complexity index is 421. The number of anilines is 1. The molecule has 0 saturated carbocycles. The molecule has 1 aromatic heterocycles. The van der Waals surface area contributed by atoms with Crippen molar-refractivity contribution in [1.82, 2.24) is 4.98 Å². The lowest BCUT2D eigenvalue weighted by Gasteiger charge is -2.08. The number of rotatable bonds is 8. The first kappa shape index (κ1) is 14.0. The molecule has 0 spiro atoms. The minimum absolute atomic E-state index is 0.191. The standard InChI is InChI=1S/C12H17N3O3/c13-11(18)9-5-4-8-15-12(9)14-7-3-1-2-6-10(16)17/h4-5,8H,1-3,6-7H2,(H2,13,18)(H,14,15)(H,16,17). The number of nitrogens with zero attached hydrogens (tertiary/aromatic N) is 1. The van der Waals surface area contributed by atoms with Crippen LogP contribution in [0.3, 0.4) is 0 Å². The fourth-order valence-corrected chi connectivity index (χ4v) is 1.53. The van der Waals surface area contributed by atoms with Crippen molar-refractivity contribution in [3.05, 3.63) is 23.9 Å². The Morgan fingerprint density at radius 1 is 1.33 bits per heavy atom. The summed E-state index contributed by atoms with van der Waals surface area (Å²) in [6, 6.07) is 3.26. The number of aromatic nitrogens is 1. The maximum Gasteiger partial charge on any atom is 0.303 e.